The summed E-state index contributed by atoms with van der Waals surface area (Å²) in [5.74, 6) is 2.55. The van der Waals surface area contributed by atoms with Gasteiger partial charge in [-0.3, -0.25) is 0 Å². The Bertz CT molecular complexity index is 3020. The van der Waals surface area contributed by atoms with Gasteiger partial charge in [0, 0.05) is 44.2 Å². The molecule has 0 amide bonds. The Labute approximate surface area is 336 Å². The van der Waals surface area contributed by atoms with E-state index in [9.17, 15) is 13.2 Å². The molecule has 0 spiro atoms. The summed E-state index contributed by atoms with van der Waals surface area (Å²) in [5, 5.41) is 1.47. The Morgan fingerprint density at radius 2 is 0.746 bits per heavy atom. The van der Waals surface area contributed by atoms with Crippen molar-refractivity contribution in [3.05, 3.63) is 188 Å². The van der Waals surface area contributed by atoms with Crippen molar-refractivity contribution in [1.29, 1.82) is 0 Å². The van der Waals surface area contributed by atoms with Gasteiger partial charge in [-0.15, -0.1) is 0 Å². The summed E-state index contributed by atoms with van der Waals surface area (Å²) in [6.07, 6.45) is -4.56. The number of benzene rings is 7. The first-order valence-corrected chi connectivity index (χ1v) is 18.9. The molecule has 3 aromatic heterocycles. The first kappa shape index (κ1) is 35.6. The van der Waals surface area contributed by atoms with Crippen LogP contribution in [-0.2, 0) is 6.18 Å². The number of fused-ring (bicyclic) bond motifs is 3. The molecular formula is C49H30F3N7. The maximum atomic E-state index is 14.4. The molecule has 0 aliphatic heterocycles. The van der Waals surface area contributed by atoms with Crippen LogP contribution in [0.2, 0.25) is 0 Å². The molecule has 59 heavy (non-hydrogen) atoms. The molecule has 0 fully saturated rings. The highest BCUT2D eigenvalue weighted by atomic mass is 19.4. The maximum absolute atomic E-state index is 14.4. The van der Waals surface area contributed by atoms with Gasteiger partial charge in [-0.1, -0.05) is 146 Å². The van der Waals surface area contributed by atoms with E-state index in [-0.39, 0.29) is 0 Å². The second-order valence-corrected chi connectivity index (χ2v) is 13.9. The van der Waals surface area contributed by atoms with E-state index in [1.165, 1.54) is 12.1 Å². The average Bonchev–Trinajstić information content (AvgIpc) is 3.63. The lowest BCUT2D eigenvalue weighted by Crippen LogP contribution is -2.06. The second kappa shape index (κ2) is 14.6. The molecule has 0 saturated heterocycles. The molecule has 10 aromatic rings. The van der Waals surface area contributed by atoms with E-state index in [0.29, 0.717) is 68.2 Å². The number of aromatic nitrogens is 7. The van der Waals surface area contributed by atoms with Crippen LogP contribution < -0.4 is 0 Å². The summed E-state index contributed by atoms with van der Waals surface area (Å²) < 4.78 is 44.9. The summed E-state index contributed by atoms with van der Waals surface area (Å²) in [5.41, 5.74) is 5.24. The molecule has 7 aromatic carbocycles. The molecule has 0 saturated carbocycles. The molecule has 0 atom stereocenters. The summed E-state index contributed by atoms with van der Waals surface area (Å²) in [6, 6.07) is 55.7. The van der Waals surface area contributed by atoms with Crippen molar-refractivity contribution >= 4 is 21.8 Å². The summed E-state index contributed by atoms with van der Waals surface area (Å²) in [7, 11) is 0. The zero-order chi connectivity index (χ0) is 39.9. The standard InChI is InChI=1S/C49H30F3N7/c50-49(51,52)36-26-27-38-37-23-13-14-24-40(37)59(42(38)30-36)41-28-25-35(47-55-43(31-15-5-1-6-16-31)53-44(56-47)32-17-7-2-8-18-32)29-39(41)48-57-45(33-19-9-3-10-20-33)54-46(58-48)34-21-11-4-12-22-34/h1-30H. The molecular weight excluding hydrogens is 744 g/mol. The van der Waals surface area contributed by atoms with Gasteiger partial charge in [0.15, 0.2) is 34.9 Å². The van der Waals surface area contributed by atoms with Gasteiger partial charge in [-0.2, -0.15) is 13.2 Å². The quantitative estimate of drug-likeness (QED) is 0.160. The van der Waals surface area contributed by atoms with Crippen molar-refractivity contribution in [2.45, 2.75) is 6.18 Å². The minimum absolute atomic E-state index is 0.313. The van der Waals surface area contributed by atoms with Gasteiger partial charge in [-0.25, -0.2) is 29.9 Å². The lowest BCUT2D eigenvalue weighted by Gasteiger charge is -2.17. The summed E-state index contributed by atoms with van der Waals surface area (Å²) in [6.45, 7) is 0. The molecule has 0 N–H and O–H groups in total. The number of para-hydroxylation sites is 1. The molecule has 0 aliphatic rings. The van der Waals surface area contributed by atoms with Gasteiger partial charge >= 0.3 is 6.18 Å². The van der Waals surface area contributed by atoms with Crippen LogP contribution in [0.15, 0.2) is 182 Å². The lowest BCUT2D eigenvalue weighted by molar-refractivity contribution is -0.137. The van der Waals surface area contributed by atoms with Crippen molar-refractivity contribution in [1.82, 2.24) is 34.5 Å². The number of rotatable bonds is 7. The molecule has 282 valence electrons. The number of halogens is 3. The van der Waals surface area contributed by atoms with Crippen LogP contribution >= 0.6 is 0 Å². The molecule has 10 rings (SSSR count). The first-order valence-electron chi connectivity index (χ1n) is 18.9. The third-order valence-corrected chi connectivity index (χ3v) is 10.1. The minimum Gasteiger partial charge on any atom is -0.308 e. The summed E-state index contributed by atoms with van der Waals surface area (Å²) >= 11 is 0. The van der Waals surface area contributed by atoms with E-state index in [2.05, 4.69) is 0 Å². The molecule has 0 unspecified atom stereocenters. The third kappa shape index (κ3) is 6.76. The monoisotopic (exact) mass is 773 g/mol. The normalized spacial score (nSPS) is 11.6. The highest BCUT2D eigenvalue weighted by Gasteiger charge is 2.31. The number of hydrogen-bond donors (Lipinski definition) is 0. The van der Waals surface area contributed by atoms with Crippen LogP contribution in [0.1, 0.15) is 5.56 Å². The van der Waals surface area contributed by atoms with Gasteiger partial charge in [0.1, 0.15) is 0 Å². The fourth-order valence-electron chi connectivity index (χ4n) is 7.32. The topological polar surface area (TPSA) is 82.3 Å². The van der Waals surface area contributed by atoms with Crippen LogP contribution in [0.5, 0.6) is 0 Å². The number of alkyl halides is 3. The van der Waals surface area contributed by atoms with Crippen molar-refractivity contribution in [2.75, 3.05) is 0 Å². The van der Waals surface area contributed by atoms with E-state index >= 15 is 0 Å². The number of nitrogens with zero attached hydrogens (tertiary/aromatic N) is 7. The van der Waals surface area contributed by atoms with Gasteiger partial charge in [0.05, 0.1) is 22.3 Å². The van der Waals surface area contributed by atoms with Gasteiger partial charge in [-0.05, 0) is 36.4 Å². The van der Waals surface area contributed by atoms with Crippen molar-refractivity contribution in [2.24, 2.45) is 0 Å². The molecule has 10 heteroatoms. The molecule has 0 bridgehead atoms. The lowest BCUT2D eigenvalue weighted by atomic mass is 10.1. The fraction of sp³-hybridized carbons (Fsp3) is 0.0204. The zero-order valence-corrected chi connectivity index (χ0v) is 31.1. The van der Waals surface area contributed by atoms with Gasteiger partial charge in [0.2, 0.25) is 0 Å². The van der Waals surface area contributed by atoms with E-state index in [1.54, 1.807) is 0 Å². The zero-order valence-electron chi connectivity index (χ0n) is 31.1. The molecule has 0 aliphatic carbocycles. The van der Waals surface area contributed by atoms with Crippen LogP contribution in [-0.4, -0.2) is 34.5 Å². The minimum atomic E-state index is -4.56. The first-order chi connectivity index (χ1) is 28.9. The van der Waals surface area contributed by atoms with E-state index in [0.717, 1.165) is 33.7 Å². The highest BCUT2D eigenvalue weighted by molar-refractivity contribution is 6.10. The van der Waals surface area contributed by atoms with Crippen LogP contribution in [0.4, 0.5) is 13.2 Å². The number of hydrogen-bond acceptors (Lipinski definition) is 6. The smallest absolute Gasteiger partial charge is 0.308 e. The van der Waals surface area contributed by atoms with Crippen molar-refractivity contribution < 1.29 is 13.2 Å². The highest BCUT2D eigenvalue weighted by Crippen LogP contribution is 2.40. The molecule has 0 radical (unpaired) electrons. The Balaban J connectivity index is 1.28. The molecule has 7 nitrogen and oxygen atoms in total. The van der Waals surface area contributed by atoms with E-state index in [4.69, 9.17) is 29.9 Å². The summed E-state index contributed by atoms with van der Waals surface area (Å²) in [4.78, 5) is 29.9. The van der Waals surface area contributed by atoms with Crippen molar-refractivity contribution in [3.8, 4) is 74.0 Å². The fourth-order valence-corrected chi connectivity index (χ4v) is 7.32. The van der Waals surface area contributed by atoms with Crippen LogP contribution in [0.3, 0.4) is 0 Å². The predicted octanol–water partition coefficient (Wildman–Crippen LogP) is 12.2. The maximum Gasteiger partial charge on any atom is 0.416 e. The Hall–Kier alpha value is -7.85. The van der Waals surface area contributed by atoms with E-state index < -0.39 is 11.7 Å². The van der Waals surface area contributed by atoms with Crippen molar-refractivity contribution in [3.63, 3.8) is 0 Å². The molecule has 3 heterocycles. The van der Waals surface area contributed by atoms with Gasteiger partial charge in [0.25, 0.3) is 0 Å². The average molecular weight is 774 g/mol. The van der Waals surface area contributed by atoms with E-state index in [1.807, 2.05) is 168 Å². The largest absolute Gasteiger partial charge is 0.416 e. The Morgan fingerprint density at radius 1 is 0.339 bits per heavy atom. The van der Waals surface area contributed by atoms with Crippen LogP contribution in [0.25, 0.3) is 95.8 Å². The second-order valence-electron chi connectivity index (χ2n) is 13.9. The third-order valence-electron chi connectivity index (χ3n) is 10.1. The van der Waals surface area contributed by atoms with Gasteiger partial charge < -0.3 is 4.57 Å². The Morgan fingerprint density at radius 3 is 1.22 bits per heavy atom. The Kier molecular flexibility index (Phi) is 8.79. The predicted molar refractivity (Wildman–Crippen MR) is 225 cm³/mol. The SMILES string of the molecule is FC(F)(F)c1ccc2c3ccccc3n(-c3ccc(-c4nc(-c5ccccc5)nc(-c5ccccc5)n4)cc3-c3nc(-c4ccccc4)nc(-c4ccccc4)n3)c2c1. The van der Waals surface area contributed by atoms with Crippen LogP contribution in [0, 0.1) is 0 Å².